The highest BCUT2D eigenvalue weighted by molar-refractivity contribution is 5.86. The maximum absolute atomic E-state index is 13.9. The number of hydrogen-bond acceptors (Lipinski definition) is 4. The highest BCUT2D eigenvalue weighted by atomic mass is 19.1. The summed E-state index contributed by atoms with van der Waals surface area (Å²) in [6.07, 6.45) is -1.40. The van der Waals surface area contributed by atoms with Crippen molar-refractivity contribution in [1.82, 2.24) is 4.90 Å². The van der Waals surface area contributed by atoms with Crippen LogP contribution in [0.1, 0.15) is 20.3 Å². The second kappa shape index (κ2) is 8.29. The van der Waals surface area contributed by atoms with Gasteiger partial charge in [0.2, 0.25) is 5.91 Å². The molecule has 25 heavy (non-hydrogen) atoms. The Morgan fingerprint density at radius 3 is 2.28 bits per heavy atom. The number of anilines is 1. The Morgan fingerprint density at radius 2 is 1.76 bits per heavy atom. The number of aliphatic carboxylic acids is 1. The van der Waals surface area contributed by atoms with Crippen molar-refractivity contribution >= 4 is 17.6 Å². The Labute approximate surface area is 146 Å². The number of rotatable bonds is 6. The summed E-state index contributed by atoms with van der Waals surface area (Å²) in [4.78, 5) is 27.2. The molecule has 0 spiro atoms. The molecule has 7 heteroatoms. The topological polar surface area (TPSA) is 81.1 Å². The smallest absolute Gasteiger partial charge is 0.333 e. The maximum atomic E-state index is 13.9. The van der Waals surface area contributed by atoms with Gasteiger partial charge >= 0.3 is 5.97 Å². The van der Waals surface area contributed by atoms with Gasteiger partial charge in [-0.1, -0.05) is 26.0 Å². The van der Waals surface area contributed by atoms with E-state index >= 15 is 0 Å². The minimum absolute atomic E-state index is 0.0858. The van der Waals surface area contributed by atoms with Crippen LogP contribution in [0, 0.1) is 17.7 Å². The molecule has 6 nitrogen and oxygen atoms in total. The van der Waals surface area contributed by atoms with Crippen LogP contribution in [0.5, 0.6) is 0 Å². The van der Waals surface area contributed by atoms with Crippen molar-refractivity contribution < 1.29 is 24.2 Å². The van der Waals surface area contributed by atoms with E-state index in [1.165, 1.54) is 6.07 Å². The molecule has 2 rings (SSSR count). The lowest BCUT2D eigenvalue weighted by Crippen LogP contribution is -2.53. The number of benzene rings is 1. The standard InChI is InChI=1S/C18H25FN2O4/c1-12(2)11-13(16(22)18(24)25)17(23)21-9-7-20(8-10-21)15-6-4-3-5-14(15)19/h3-6,12-13,16,22H,7-11H2,1-2H3,(H,24,25)/t13-,16-/m0/s1. The molecule has 2 N–H and O–H groups in total. The third-order valence-electron chi connectivity index (χ3n) is 4.46. The third kappa shape index (κ3) is 4.69. The summed E-state index contributed by atoms with van der Waals surface area (Å²) < 4.78 is 13.9. The van der Waals surface area contributed by atoms with Crippen molar-refractivity contribution in [3.63, 3.8) is 0 Å². The van der Waals surface area contributed by atoms with Crippen LogP contribution < -0.4 is 4.90 Å². The van der Waals surface area contributed by atoms with Crippen molar-refractivity contribution in [2.45, 2.75) is 26.4 Å². The van der Waals surface area contributed by atoms with E-state index in [9.17, 15) is 19.1 Å². The maximum Gasteiger partial charge on any atom is 0.333 e. The summed E-state index contributed by atoms with van der Waals surface area (Å²) in [5.41, 5.74) is 0.499. The molecule has 0 aliphatic carbocycles. The molecule has 1 fully saturated rings. The van der Waals surface area contributed by atoms with Gasteiger partial charge in [-0.05, 0) is 24.5 Å². The summed E-state index contributed by atoms with van der Waals surface area (Å²) in [7, 11) is 0. The van der Waals surface area contributed by atoms with Crippen LogP contribution >= 0.6 is 0 Å². The average molecular weight is 352 g/mol. The van der Waals surface area contributed by atoms with Crippen LogP contribution in [-0.2, 0) is 9.59 Å². The molecule has 1 heterocycles. The molecule has 1 aliphatic heterocycles. The first kappa shape index (κ1) is 19.2. The SMILES string of the molecule is CC(C)C[C@H](C(=O)N1CCN(c2ccccc2F)CC1)[C@H](O)C(=O)O. The molecule has 0 radical (unpaired) electrons. The number of carboxylic acids is 1. The zero-order valence-corrected chi connectivity index (χ0v) is 14.6. The number of carbonyl (C=O) groups excluding carboxylic acids is 1. The van der Waals surface area contributed by atoms with E-state index in [0.717, 1.165) is 0 Å². The van der Waals surface area contributed by atoms with E-state index in [-0.39, 0.29) is 17.6 Å². The lowest BCUT2D eigenvalue weighted by atomic mass is 9.90. The Morgan fingerprint density at radius 1 is 1.16 bits per heavy atom. The fraction of sp³-hybridized carbons (Fsp3) is 0.556. The van der Waals surface area contributed by atoms with Crippen molar-refractivity contribution in [1.29, 1.82) is 0 Å². The van der Waals surface area contributed by atoms with E-state index < -0.39 is 18.0 Å². The lowest BCUT2D eigenvalue weighted by Gasteiger charge is -2.38. The molecule has 1 aromatic rings. The summed E-state index contributed by atoms with van der Waals surface area (Å²) in [6.45, 7) is 5.42. The number of halogens is 1. The first-order chi connectivity index (χ1) is 11.8. The van der Waals surface area contributed by atoms with Crippen molar-refractivity contribution in [2.24, 2.45) is 11.8 Å². The van der Waals surface area contributed by atoms with Gasteiger partial charge < -0.3 is 20.0 Å². The van der Waals surface area contributed by atoms with Gasteiger partial charge in [0, 0.05) is 26.2 Å². The molecule has 1 aromatic carbocycles. The molecular weight excluding hydrogens is 327 g/mol. The zero-order valence-electron chi connectivity index (χ0n) is 14.6. The van der Waals surface area contributed by atoms with Crippen LogP contribution in [0.15, 0.2) is 24.3 Å². The number of nitrogens with zero attached hydrogens (tertiary/aromatic N) is 2. The van der Waals surface area contributed by atoms with Crippen LogP contribution in [0.2, 0.25) is 0 Å². The molecule has 0 saturated carbocycles. The number of para-hydroxylation sites is 1. The summed E-state index contributed by atoms with van der Waals surface area (Å²) in [6, 6.07) is 6.48. The molecule has 1 aliphatic rings. The van der Waals surface area contributed by atoms with Gasteiger partial charge in [0.1, 0.15) is 5.82 Å². The minimum Gasteiger partial charge on any atom is -0.479 e. The quantitative estimate of drug-likeness (QED) is 0.812. The van der Waals surface area contributed by atoms with Gasteiger partial charge in [-0.3, -0.25) is 4.79 Å². The molecule has 138 valence electrons. The van der Waals surface area contributed by atoms with Gasteiger partial charge in [0.05, 0.1) is 11.6 Å². The minimum atomic E-state index is -1.71. The molecule has 0 aromatic heterocycles. The van der Waals surface area contributed by atoms with Crippen LogP contribution in [-0.4, -0.2) is 59.3 Å². The predicted octanol–water partition coefficient (Wildman–Crippen LogP) is 1.58. The Balaban J connectivity index is 2.03. The number of carbonyl (C=O) groups is 2. The van der Waals surface area contributed by atoms with Crippen LogP contribution in [0.25, 0.3) is 0 Å². The van der Waals surface area contributed by atoms with Crippen molar-refractivity contribution in [3.8, 4) is 0 Å². The lowest BCUT2D eigenvalue weighted by molar-refractivity contribution is -0.157. The summed E-state index contributed by atoms with van der Waals surface area (Å²) in [5.74, 6) is -2.91. The zero-order chi connectivity index (χ0) is 18.6. The molecule has 1 saturated heterocycles. The van der Waals surface area contributed by atoms with Gasteiger partial charge in [-0.25, -0.2) is 9.18 Å². The first-order valence-corrected chi connectivity index (χ1v) is 8.50. The van der Waals surface area contributed by atoms with Crippen LogP contribution in [0.4, 0.5) is 10.1 Å². The summed E-state index contributed by atoms with van der Waals surface area (Å²) in [5, 5.41) is 19.0. The Bertz CT molecular complexity index is 615. The van der Waals surface area contributed by atoms with E-state index in [0.29, 0.717) is 38.3 Å². The van der Waals surface area contributed by atoms with Gasteiger partial charge in [0.15, 0.2) is 6.10 Å². The summed E-state index contributed by atoms with van der Waals surface area (Å²) >= 11 is 0. The molecular formula is C18H25FN2O4. The van der Waals surface area contributed by atoms with Gasteiger partial charge in [-0.2, -0.15) is 0 Å². The van der Waals surface area contributed by atoms with E-state index in [4.69, 9.17) is 5.11 Å². The Kier molecular flexibility index (Phi) is 6.36. The van der Waals surface area contributed by atoms with E-state index in [1.54, 1.807) is 23.1 Å². The third-order valence-corrected chi connectivity index (χ3v) is 4.46. The first-order valence-electron chi connectivity index (χ1n) is 8.50. The predicted molar refractivity (Wildman–Crippen MR) is 91.8 cm³/mol. The number of carboxylic acid groups (broad SMARTS) is 1. The Hall–Kier alpha value is -2.15. The number of aliphatic hydroxyl groups excluding tert-OH is 1. The highest BCUT2D eigenvalue weighted by Gasteiger charge is 2.36. The van der Waals surface area contributed by atoms with Crippen molar-refractivity contribution in [3.05, 3.63) is 30.1 Å². The number of hydrogen-bond donors (Lipinski definition) is 2. The second-order valence-corrected chi connectivity index (χ2v) is 6.78. The second-order valence-electron chi connectivity index (χ2n) is 6.78. The van der Waals surface area contributed by atoms with Crippen molar-refractivity contribution in [2.75, 3.05) is 31.1 Å². The molecule has 1 amide bonds. The number of amides is 1. The van der Waals surface area contributed by atoms with Gasteiger partial charge in [0.25, 0.3) is 0 Å². The fourth-order valence-corrected chi connectivity index (χ4v) is 3.16. The number of piperazine rings is 1. The molecule has 0 unspecified atom stereocenters. The van der Waals surface area contributed by atoms with E-state index in [1.807, 2.05) is 18.7 Å². The molecule has 0 bridgehead atoms. The number of aliphatic hydroxyl groups is 1. The van der Waals surface area contributed by atoms with Crippen LogP contribution in [0.3, 0.4) is 0 Å². The fourth-order valence-electron chi connectivity index (χ4n) is 3.16. The average Bonchev–Trinajstić information content (AvgIpc) is 2.59. The van der Waals surface area contributed by atoms with E-state index in [2.05, 4.69) is 0 Å². The normalized spacial score (nSPS) is 17.5. The molecule has 2 atom stereocenters. The highest BCUT2D eigenvalue weighted by Crippen LogP contribution is 2.23. The van der Waals surface area contributed by atoms with Gasteiger partial charge in [-0.15, -0.1) is 0 Å². The largest absolute Gasteiger partial charge is 0.479 e. The monoisotopic (exact) mass is 352 g/mol.